The molecule has 32 heavy (non-hydrogen) atoms. The Balaban J connectivity index is 2.12. The van der Waals surface area contributed by atoms with Crippen LogP contribution in [0.2, 0.25) is 0 Å². The van der Waals surface area contributed by atoms with Crippen molar-refractivity contribution in [3.63, 3.8) is 0 Å². The molecule has 0 saturated heterocycles. The second-order valence-electron chi connectivity index (χ2n) is 6.87. The van der Waals surface area contributed by atoms with Crippen molar-refractivity contribution in [1.82, 2.24) is 10.3 Å². The number of nitrogens with one attached hydrogen (secondary N) is 1. The Hall–Kier alpha value is -4.35. The van der Waals surface area contributed by atoms with Crippen LogP contribution >= 0.6 is 0 Å². The molecule has 0 amide bonds. The molecule has 0 bridgehead atoms. The lowest BCUT2D eigenvalue weighted by Crippen LogP contribution is -2.44. The largest absolute Gasteiger partial charge is 0.463 e. The van der Waals surface area contributed by atoms with Gasteiger partial charge in [-0.3, -0.25) is 20.2 Å². The lowest BCUT2D eigenvalue weighted by atomic mass is 9.92. The summed E-state index contributed by atoms with van der Waals surface area (Å²) in [6.07, 6.45) is -0.855. The molecule has 12 nitrogen and oxygen atoms in total. The van der Waals surface area contributed by atoms with Crippen LogP contribution in [0.15, 0.2) is 65.1 Å². The van der Waals surface area contributed by atoms with Crippen molar-refractivity contribution < 1.29 is 19.4 Å². The number of carbonyl (C=O) groups excluding carboxylic acids is 1. The van der Waals surface area contributed by atoms with Gasteiger partial charge in [0.05, 0.1) is 27.3 Å². The average molecular weight is 441 g/mol. The number of nitro benzene ring substituents is 2. The first-order valence-corrected chi connectivity index (χ1v) is 9.53. The number of nitrogens with zero attached hydrogens (tertiary/aromatic N) is 4. The summed E-state index contributed by atoms with van der Waals surface area (Å²) in [6, 6.07) is 9.93. The molecule has 0 radical (unpaired) electrons. The van der Waals surface area contributed by atoms with Gasteiger partial charge in [0.25, 0.3) is 11.4 Å². The molecule has 166 valence electrons. The maximum Gasteiger partial charge on any atom is 0.338 e. The number of carbonyl (C=O) groups is 1. The summed E-state index contributed by atoms with van der Waals surface area (Å²) in [5, 5.41) is 29.2. The molecule has 1 N–H and O–H groups in total. The molecule has 0 spiro atoms. The van der Waals surface area contributed by atoms with E-state index in [4.69, 9.17) is 4.74 Å². The van der Waals surface area contributed by atoms with Crippen LogP contribution in [0.4, 0.5) is 11.4 Å². The van der Waals surface area contributed by atoms with Crippen molar-refractivity contribution >= 4 is 17.3 Å². The molecule has 12 heteroatoms. The Morgan fingerprint density at radius 1 is 1.03 bits per heavy atom. The average Bonchev–Trinajstić information content (AvgIpc) is 2.78. The maximum absolute atomic E-state index is 12.7. The predicted octanol–water partition coefficient (Wildman–Crippen LogP) is 3.67. The first-order valence-electron chi connectivity index (χ1n) is 9.53. The number of nitroso groups, excluding NO2 is 1. The fourth-order valence-electron chi connectivity index (χ4n) is 3.52. The predicted molar refractivity (Wildman–Crippen MR) is 112 cm³/mol. The SMILES string of the molecule is CCOC(=O)C1=C(C)N[C@H](c2ccc([N+](=O)[O-])cc2)N(N=O)[C@@H]1c1ccc([N+](=O)[O-])cc1. The van der Waals surface area contributed by atoms with Gasteiger partial charge in [0, 0.05) is 30.0 Å². The van der Waals surface area contributed by atoms with Crippen LogP contribution in [-0.2, 0) is 9.53 Å². The molecule has 1 heterocycles. The number of allylic oxidation sites excluding steroid dienone is 1. The van der Waals surface area contributed by atoms with Crippen molar-refractivity contribution in [3.8, 4) is 0 Å². The van der Waals surface area contributed by atoms with Gasteiger partial charge in [-0.1, -0.05) is 0 Å². The van der Waals surface area contributed by atoms with Gasteiger partial charge in [-0.25, -0.2) is 9.80 Å². The highest BCUT2D eigenvalue weighted by Gasteiger charge is 2.41. The number of benzene rings is 2. The second-order valence-corrected chi connectivity index (χ2v) is 6.87. The van der Waals surface area contributed by atoms with Gasteiger partial charge in [0.1, 0.15) is 12.2 Å². The third-order valence-corrected chi connectivity index (χ3v) is 4.99. The molecule has 0 aliphatic carbocycles. The highest BCUT2D eigenvalue weighted by atomic mass is 16.6. The third-order valence-electron chi connectivity index (χ3n) is 4.99. The summed E-state index contributed by atoms with van der Waals surface area (Å²) in [6.45, 7) is 3.37. The van der Waals surface area contributed by atoms with Crippen LogP contribution in [0, 0.1) is 25.1 Å². The Labute approximate surface area is 181 Å². The Morgan fingerprint density at radius 3 is 1.97 bits per heavy atom. The molecule has 0 aromatic heterocycles. The topological polar surface area (TPSA) is 157 Å². The van der Waals surface area contributed by atoms with E-state index >= 15 is 0 Å². The van der Waals surface area contributed by atoms with E-state index in [9.17, 15) is 29.9 Å². The first kappa shape index (κ1) is 22.3. The van der Waals surface area contributed by atoms with Crippen molar-refractivity contribution in [2.75, 3.05) is 6.61 Å². The summed E-state index contributed by atoms with van der Waals surface area (Å²) in [5.41, 5.74) is 1.16. The van der Waals surface area contributed by atoms with Crippen LogP contribution in [-0.4, -0.2) is 27.4 Å². The van der Waals surface area contributed by atoms with Gasteiger partial charge >= 0.3 is 5.97 Å². The highest BCUT2D eigenvalue weighted by Crippen LogP contribution is 2.41. The van der Waals surface area contributed by atoms with E-state index < -0.39 is 28.0 Å². The maximum atomic E-state index is 12.7. The molecule has 2 aromatic carbocycles. The number of nitro groups is 2. The van der Waals surface area contributed by atoms with Crippen molar-refractivity contribution in [2.24, 2.45) is 5.29 Å². The molecule has 0 saturated carbocycles. The summed E-state index contributed by atoms with van der Waals surface area (Å²) in [7, 11) is 0. The zero-order valence-electron chi connectivity index (χ0n) is 17.1. The van der Waals surface area contributed by atoms with Crippen molar-refractivity contribution in [3.05, 3.63) is 96.1 Å². The molecular weight excluding hydrogens is 422 g/mol. The van der Waals surface area contributed by atoms with E-state index in [1.54, 1.807) is 13.8 Å². The monoisotopic (exact) mass is 441 g/mol. The normalized spacial score (nSPS) is 18.0. The standard InChI is InChI=1S/C20H19N5O7/c1-3-32-20(26)17-12(2)21-19(14-6-10-16(11-7-14)25(30)31)23(22-27)18(17)13-4-8-15(9-5-13)24(28)29/h4-11,18-19,21H,3H2,1-2H3/t18-,19+/m1/s1. The van der Waals surface area contributed by atoms with Crippen LogP contribution in [0.3, 0.4) is 0 Å². The van der Waals surface area contributed by atoms with Gasteiger partial charge in [0.15, 0.2) is 0 Å². The van der Waals surface area contributed by atoms with Crippen molar-refractivity contribution in [2.45, 2.75) is 26.1 Å². The number of hydrogen-bond donors (Lipinski definition) is 1. The molecule has 2 aromatic rings. The van der Waals surface area contributed by atoms with Gasteiger partial charge in [0.2, 0.25) is 0 Å². The molecule has 1 aliphatic heterocycles. The number of ether oxygens (including phenoxy) is 1. The minimum absolute atomic E-state index is 0.100. The van der Waals surface area contributed by atoms with E-state index in [0.717, 1.165) is 5.01 Å². The van der Waals surface area contributed by atoms with Crippen LogP contribution < -0.4 is 5.32 Å². The van der Waals surface area contributed by atoms with Gasteiger partial charge in [-0.05, 0) is 49.2 Å². The zero-order chi connectivity index (χ0) is 23.4. The van der Waals surface area contributed by atoms with Gasteiger partial charge in [-0.2, -0.15) is 0 Å². The lowest BCUT2D eigenvalue weighted by Gasteiger charge is -2.40. The second kappa shape index (κ2) is 9.20. The third kappa shape index (κ3) is 4.24. The van der Waals surface area contributed by atoms with Crippen LogP contribution in [0.1, 0.15) is 37.2 Å². The highest BCUT2D eigenvalue weighted by molar-refractivity contribution is 5.91. The Bertz CT molecular complexity index is 1080. The van der Waals surface area contributed by atoms with E-state index in [-0.39, 0.29) is 23.6 Å². The van der Waals surface area contributed by atoms with Gasteiger partial charge < -0.3 is 10.1 Å². The molecular formula is C20H19N5O7. The lowest BCUT2D eigenvalue weighted by molar-refractivity contribution is -0.385. The van der Waals surface area contributed by atoms with Gasteiger partial charge in [-0.15, -0.1) is 4.91 Å². The Kier molecular flexibility index (Phi) is 6.42. The number of rotatable bonds is 7. The van der Waals surface area contributed by atoms with E-state index in [2.05, 4.69) is 10.6 Å². The summed E-state index contributed by atoms with van der Waals surface area (Å²) in [5.74, 6) is -0.670. The van der Waals surface area contributed by atoms with E-state index in [1.807, 2.05) is 0 Å². The summed E-state index contributed by atoms with van der Waals surface area (Å²) >= 11 is 0. The number of esters is 1. The molecule has 3 rings (SSSR count). The van der Waals surface area contributed by atoms with Crippen molar-refractivity contribution in [1.29, 1.82) is 0 Å². The molecule has 2 atom stereocenters. The molecule has 0 unspecified atom stereocenters. The fraction of sp³-hybridized carbons (Fsp3) is 0.250. The summed E-state index contributed by atoms with van der Waals surface area (Å²) in [4.78, 5) is 45.5. The van der Waals surface area contributed by atoms with E-state index in [1.165, 1.54) is 48.5 Å². The smallest absolute Gasteiger partial charge is 0.338 e. The quantitative estimate of drug-likeness (QED) is 0.293. The minimum atomic E-state index is -1.01. The number of non-ortho nitro benzene ring substituents is 2. The molecule has 0 fully saturated rings. The van der Waals surface area contributed by atoms with Crippen LogP contribution in [0.25, 0.3) is 0 Å². The fourth-order valence-corrected chi connectivity index (χ4v) is 3.52. The van der Waals surface area contributed by atoms with Crippen LogP contribution in [0.5, 0.6) is 0 Å². The van der Waals surface area contributed by atoms with E-state index in [0.29, 0.717) is 16.8 Å². The minimum Gasteiger partial charge on any atom is -0.463 e. The summed E-state index contributed by atoms with van der Waals surface area (Å²) < 4.78 is 5.15. The zero-order valence-corrected chi connectivity index (χ0v) is 17.1. The Morgan fingerprint density at radius 2 is 1.53 bits per heavy atom. The number of hydrogen-bond acceptors (Lipinski definition) is 9. The first-order chi connectivity index (χ1) is 15.3. The molecule has 1 aliphatic rings.